The molecule has 7 nitrogen and oxygen atoms in total. The molecule has 0 heterocycles. The lowest BCUT2D eigenvalue weighted by atomic mass is 10.1. The first kappa shape index (κ1) is 21.8. The van der Waals surface area contributed by atoms with Gasteiger partial charge in [0.05, 0.1) is 13.2 Å². The summed E-state index contributed by atoms with van der Waals surface area (Å²) < 4.78 is 24.9. The summed E-state index contributed by atoms with van der Waals surface area (Å²) in [4.78, 5) is 30.5. The Hall–Kier alpha value is -1.17. The number of unbranched alkanes of at least 4 members (excludes halogenated alkanes) is 7. The second-order valence-electron chi connectivity index (χ2n) is 5.08. The molecule has 0 aromatic rings. The van der Waals surface area contributed by atoms with Gasteiger partial charge in [0.25, 0.3) is 0 Å². The van der Waals surface area contributed by atoms with Gasteiger partial charge in [-0.2, -0.15) is 0 Å². The quantitative estimate of drug-likeness (QED) is 0.221. The van der Waals surface area contributed by atoms with Gasteiger partial charge in [-0.15, -0.1) is 0 Å². The van der Waals surface area contributed by atoms with Crippen molar-refractivity contribution in [3.05, 3.63) is 12.7 Å². The number of phosphoric ester groups is 1. The molecular formula is C15H27O7P. The molecule has 0 spiro atoms. The average molecular weight is 350 g/mol. The zero-order chi connectivity index (χ0) is 17.6. The summed E-state index contributed by atoms with van der Waals surface area (Å²) in [6.07, 6.45) is 8.83. The van der Waals surface area contributed by atoms with Crippen LogP contribution in [0, 0.1) is 0 Å². The third kappa shape index (κ3) is 15.5. The van der Waals surface area contributed by atoms with E-state index in [2.05, 4.69) is 15.6 Å². The molecule has 0 saturated heterocycles. The summed E-state index contributed by atoms with van der Waals surface area (Å²) >= 11 is 0. The van der Waals surface area contributed by atoms with Gasteiger partial charge in [-0.1, -0.05) is 45.1 Å². The highest BCUT2D eigenvalue weighted by atomic mass is 31.2. The minimum Gasteiger partial charge on any atom is -0.463 e. The second kappa shape index (κ2) is 13.3. The van der Waals surface area contributed by atoms with E-state index in [0.29, 0.717) is 13.0 Å². The highest BCUT2D eigenvalue weighted by molar-refractivity contribution is 7.48. The predicted molar refractivity (Wildman–Crippen MR) is 85.6 cm³/mol. The third-order valence-electron chi connectivity index (χ3n) is 2.95. The molecule has 0 rings (SSSR count). The molecule has 1 atom stereocenters. The summed E-state index contributed by atoms with van der Waals surface area (Å²) in [5.74, 6) is -1.22. The first-order chi connectivity index (χ1) is 10.9. The molecule has 0 aliphatic carbocycles. The van der Waals surface area contributed by atoms with Crippen LogP contribution in [0.15, 0.2) is 12.7 Å². The summed E-state index contributed by atoms with van der Waals surface area (Å²) in [5, 5.41) is 0. The van der Waals surface area contributed by atoms with Crippen LogP contribution in [-0.4, -0.2) is 30.0 Å². The number of hydrogen-bond acceptors (Lipinski definition) is 6. The molecule has 0 aliphatic rings. The molecule has 0 radical (unpaired) electrons. The summed E-state index contributed by atoms with van der Waals surface area (Å²) in [7, 11) is -4.23. The molecule has 0 amide bonds. The van der Waals surface area contributed by atoms with Gasteiger partial charge in [0.2, 0.25) is 0 Å². The van der Waals surface area contributed by atoms with E-state index in [-0.39, 0.29) is 12.6 Å². The fourth-order valence-electron chi connectivity index (χ4n) is 1.87. The van der Waals surface area contributed by atoms with Gasteiger partial charge in [0.1, 0.15) is 0 Å². The Labute approximate surface area is 137 Å². The standard InChI is InChI=1S/C15H27O7P/c1-3-15(17)20-12-10-8-6-4-5-7-9-11-13-21-23(18,19)22-14(2)16/h3H,1,4-13H2,2H3,(H,18,19). The second-order valence-corrected chi connectivity index (χ2v) is 6.46. The number of rotatable bonds is 14. The predicted octanol–water partition coefficient (Wildman–Crippen LogP) is 3.52. The van der Waals surface area contributed by atoms with Crippen LogP contribution in [0.25, 0.3) is 0 Å². The van der Waals surface area contributed by atoms with E-state index in [0.717, 1.165) is 57.9 Å². The molecule has 1 unspecified atom stereocenters. The molecule has 0 aromatic heterocycles. The molecule has 23 heavy (non-hydrogen) atoms. The molecule has 0 fully saturated rings. The van der Waals surface area contributed by atoms with Crippen molar-refractivity contribution in [3.8, 4) is 0 Å². The van der Waals surface area contributed by atoms with Gasteiger partial charge in [0.15, 0.2) is 0 Å². The molecule has 0 aromatic carbocycles. The molecule has 1 N–H and O–H groups in total. The SMILES string of the molecule is C=CC(=O)OCCCCCCCCCCOP(=O)(O)OC(C)=O. The van der Waals surface area contributed by atoms with Crippen LogP contribution in [0.2, 0.25) is 0 Å². The van der Waals surface area contributed by atoms with Crippen LogP contribution < -0.4 is 0 Å². The van der Waals surface area contributed by atoms with Crippen molar-refractivity contribution in [2.75, 3.05) is 13.2 Å². The molecule has 0 saturated carbocycles. The minimum absolute atomic E-state index is 0.0930. The Morgan fingerprint density at radius 2 is 1.48 bits per heavy atom. The normalized spacial score (nSPS) is 13.1. The number of carbonyl (C=O) groups is 2. The van der Waals surface area contributed by atoms with Crippen molar-refractivity contribution in [1.82, 2.24) is 0 Å². The smallest absolute Gasteiger partial charge is 0.463 e. The van der Waals surface area contributed by atoms with Crippen molar-refractivity contribution in [2.45, 2.75) is 58.3 Å². The summed E-state index contributed by atoms with van der Waals surface area (Å²) in [6.45, 7) is 4.90. The number of esters is 1. The molecule has 134 valence electrons. The minimum atomic E-state index is -4.23. The van der Waals surface area contributed by atoms with E-state index in [9.17, 15) is 14.2 Å². The lowest BCUT2D eigenvalue weighted by molar-refractivity contribution is -0.138. The molecule has 0 aliphatic heterocycles. The number of phosphoric acid groups is 1. The van der Waals surface area contributed by atoms with E-state index < -0.39 is 13.8 Å². The van der Waals surface area contributed by atoms with Crippen LogP contribution in [0.5, 0.6) is 0 Å². The zero-order valence-electron chi connectivity index (χ0n) is 13.7. The number of hydrogen-bond donors (Lipinski definition) is 1. The summed E-state index contributed by atoms with van der Waals surface area (Å²) in [5.41, 5.74) is 0. The van der Waals surface area contributed by atoms with Crippen molar-refractivity contribution < 1.29 is 32.8 Å². The van der Waals surface area contributed by atoms with Crippen LogP contribution in [0.1, 0.15) is 58.3 Å². The number of carbonyl (C=O) groups excluding carboxylic acids is 2. The van der Waals surface area contributed by atoms with E-state index >= 15 is 0 Å². The molecule has 8 heteroatoms. The maximum Gasteiger partial charge on any atom is 0.529 e. The Kier molecular flexibility index (Phi) is 12.6. The zero-order valence-corrected chi connectivity index (χ0v) is 14.6. The van der Waals surface area contributed by atoms with Crippen molar-refractivity contribution in [2.24, 2.45) is 0 Å². The van der Waals surface area contributed by atoms with Gasteiger partial charge >= 0.3 is 19.8 Å². The highest BCUT2D eigenvalue weighted by Gasteiger charge is 2.23. The van der Waals surface area contributed by atoms with Gasteiger partial charge in [0, 0.05) is 13.0 Å². The van der Waals surface area contributed by atoms with Crippen LogP contribution in [0.4, 0.5) is 0 Å². The van der Waals surface area contributed by atoms with Crippen LogP contribution in [-0.2, 0) is 27.9 Å². The van der Waals surface area contributed by atoms with Crippen molar-refractivity contribution in [3.63, 3.8) is 0 Å². The topological polar surface area (TPSA) is 99.1 Å². The van der Waals surface area contributed by atoms with E-state index in [1.54, 1.807) is 0 Å². The van der Waals surface area contributed by atoms with Crippen LogP contribution >= 0.6 is 7.82 Å². The maximum absolute atomic E-state index is 11.2. The third-order valence-corrected chi connectivity index (χ3v) is 3.94. The van der Waals surface area contributed by atoms with E-state index in [1.165, 1.54) is 0 Å². The Morgan fingerprint density at radius 3 is 1.96 bits per heavy atom. The largest absolute Gasteiger partial charge is 0.529 e. The van der Waals surface area contributed by atoms with Gasteiger partial charge in [-0.3, -0.25) is 14.2 Å². The molecule has 0 bridgehead atoms. The monoisotopic (exact) mass is 350 g/mol. The fourth-order valence-corrected chi connectivity index (χ4v) is 2.60. The lowest BCUT2D eigenvalue weighted by Gasteiger charge is -2.10. The average Bonchev–Trinajstić information content (AvgIpc) is 2.46. The first-order valence-corrected chi connectivity index (χ1v) is 9.33. The van der Waals surface area contributed by atoms with Gasteiger partial charge < -0.3 is 9.26 Å². The Balaban J connectivity index is 3.31. The highest BCUT2D eigenvalue weighted by Crippen LogP contribution is 2.43. The van der Waals surface area contributed by atoms with Crippen molar-refractivity contribution in [1.29, 1.82) is 0 Å². The Morgan fingerprint density at radius 1 is 1.00 bits per heavy atom. The van der Waals surface area contributed by atoms with Crippen molar-refractivity contribution >= 4 is 19.8 Å². The summed E-state index contributed by atoms with van der Waals surface area (Å²) in [6, 6.07) is 0. The lowest BCUT2D eigenvalue weighted by Crippen LogP contribution is -2.01. The fraction of sp³-hybridized carbons (Fsp3) is 0.733. The molecular weight excluding hydrogens is 323 g/mol. The van der Waals surface area contributed by atoms with E-state index in [4.69, 9.17) is 9.63 Å². The van der Waals surface area contributed by atoms with E-state index in [1.807, 2.05) is 0 Å². The van der Waals surface area contributed by atoms with Gasteiger partial charge in [-0.25, -0.2) is 9.36 Å². The van der Waals surface area contributed by atoms with Crippen LogP contribution in [0.3, 0.4) is 0 Å². The maximum atomic E-state index is 11.2. The Bertz CT molecular complexity index is 409. The van der Waals surface area contributed by atoms with Gasteiger partial charge in [-0.05, 0) is 12.8 Å². The number of ether oxygens (including phenoxy) is 1. The first-order valence-electron chi connectivity index (χ1n) is 7.84.